The summed E-state index contributed by atoms with van der Waals surface area (Å²) in [5.74, 6) is 0.910. The average Bonchev–Trinajstić information content (AvgIpc) is 2.93. The second-order valence-corrected chi connectivity index (χ2v) is 6.85. The molecule has 0 saturated heterocycles. The minimum atomic E-state index is 0.0747. The molecule has 0 amide bonds. The molecule has 1 aromatic carbocycles. The molecule has 0 aliphatic rings. The summed E-state index contributed by atoms with van der Waals surface area (Å²) in [5, 5.41) is 0.815. The number of benzene rings is 1. The molecule has 0 aliphatic heterocycles. The zero-order valence-corrected chi connectivity index (χ0v) is 13.6. The number of hydrogen-bond acceptors (Lipinski definition) is 4. The van der Waals surface area contributed by atoms with Crippen LogP contribution >= 0.6 is 23.1 Å². The van der Waals surface area contributed by atoms with Crippen molar-refractivity contribution in [1.29, 1.82) is 0 Å². The smallest absolute Gasteiger partial charge is 0.272 e. The number of rotatable bonds is 4. The number of nitrogens with zero attached hydrogens (tertiary/aromatic N) is 2. The van der Waals surface area contributed by atoms with E-state index in [0.29, 0.717) is 6.54 Å². The number of thioether (sulfide) groups is 1. The first kappa shape index (κ1) is 14.4. The van der Waals surface area contributed by atoms with E-state index in [4.69, 9.17) is 0 Å². The van der Waals surface area contributed by atoms with Crippen LogP contribution in [-0.4, -0.2) is 15.3 Å². The number of aromatic nitrogens is 2. The van der Waals surface area contributed by atoms with Gasteiger partial charge in [-0.25, -0.2) is 4.98 Å². The number of fused-ring (bicyclic) bond motifs is 1. The zero-order chi connectivity index (χ0) is 14.8. The molecule has 0 aliphatic carbocycles. The number of hydrogen-bond donors (Lipinski definition) is 0. The van der Waals surface area contributed by atoms with Crippen molar-refractivity contribution in [2.45, 2.75) is 25.5 Å². The molecular weight excluding hydrogens is 300 g/mol. The summed E-state index contributed by atoms with van der Waals surface area (Å²) >= 11 is 3.15. The van der Waals surface area contributed by atoms with Gasteiger partial charge in [0.1, 0.15) is 4.70 Å². The molecule has 3 nitrogen and oxygen atoms in total. The predicted molar refractivity (Wildman–Crippen MR) is 91.4 cm³/mol. The van der Waals surface area contributed by atoms with Crippen LogP contribution in [0.25, 0.3) is 20.7 Å². The number of thiophene rings is 1. The van der Waals surface area contributed by atoms with E-state index in [-0.39, 0.29) is 5.56 Å². The van der Waals surface area contributed by atoms with Crippen LogP contribution in [0.5, 0.6) is 0 Å². The summed E-state index contributed by atoms with van der Waals surface area (Å²) in [6.45, 7) is 4.72. The summed E-state index contributed by atoms with van der Waals surface area (Å²) in [5.41, 5.74) is 2.02. The van der Waals surface area contributed by atoms with Gasteiger partial charge in [0.25, 0.3) is 5.56 Å². The van der Waals surface area contributed by atoms with Gasteiger partial charge in [-0.05, 0) is 24.3 Å². The van der Waals surface area contributed by atoms with Gasteiger partial charge in [-0.15, -0.1) is 11.3 Å². The molecular formula is C16H16N2OS2. The van der Waals surface area contributed by atoms with Crippen LogP contribution in [0.4, 0.5) is 0 Å². The van der Waals surface area contributed by atoms with Gasteiger partial charge >= 0.3 is 0 Å². The quantitative estimate of drug-likeness (QED) is 0.533. The second-order valence-electron chi connectivity index (χ2n) is 4.57. The lowest BCUT2D eigenvalue weighted by atomic mass is 10.2. The molecule has 0 spiro atoms. The molecule has 2 heterocycles. The van der Waals surface area contributed by atoms with Gasteiger partial charge in [0.2, 0.25) is 0 Å². The van der Waals surface area contributed by atoms with Gasteiger partial charge in [-0.2, -0.15) is 0 Å². The summed E-state index contributed by atoms with van der Waals surface area (Å²) in [6, 6.07) is 12.2. The van der Waals surface area contributed by atoms with Crippen LogP contribution in [0.3, 0.4) is 0 Å². The Balaban J connectivity index is 2.22. The second kappa shape index (κ2) is 6.03. The van der Waals surface area contributed by atoms with Crippen molar-refractivity contribution in [2.24, 2.45) is 0 Å². The van der Waals surface area contributed by atoms with Gasteiger partial charge in [0.05, 0.1) is 5.52 Å². The largest absolute Gasteiger partial charge is 0.287 e. The molecule has 3 rings (SSSR count). The Morgan fingerprint density at radius 3 is 2.67 bits per heavy atom. The highest BCUT2D eigenvalue weighted by molar-refractivity contribution is 7.99. The molecule has 5 heteroatoms. The topological polar surface area (TPSA) is 34.9 Å². The van der Waals surface area contributed by atoms with Crippen LogP contribution in [0.2, 0.25) is 0 Å². The van der Waals surface area contributed by atoms with Gasteiger partial charge in [0, 0.05) is 11.4 Å². The van der Waals surface area contributed by atoms with Gasteiger partial charge < -0.3 is 0 Å². The van der Waals surface area contributed by atoms with E-state index in [0.717, 1.165) is 31.6 Å². The highest BCUT2D eigenvalue weighted by Gasteiger charge is 2.13. The fourth-order valence-corrected chi connectivity index (χ4v) is 4.09. The Labute approximate surface area is 131 Å². The Morgan fingerprint density at radius 2 is 2.00 bits per heavy atom. The fourth-order valence-electron chi connectivity index (χ4n) is 2.25. The van der Waals surface area contributed by atoms with Crippen molar-refractivity contribution in [3.8, 4) is 10.4 Å². The van der Waals surface area contributed by atoms with Gasteiger partial charge in [-0.3, -0.25) is 9.36 Å². The highest BCUT2D eigenvalue weighted by atomic mass is 32.2. The Hall–Kier alpha value is -1.59. The minimum Gasteiger partial charge on any atom is -0.287 e. The van der Waals surface area contributed by atoms with Crippen molar-refractivity contribution >= 4 is 33.3 Å². The normalized spacial score (nSPS) is 11.1. The molecule has 0 atom stereocenters. The first-order valence-electron chi connectivity index (χ1n) is 6.97. The van der Waals surface area contributed by atoms with E-state index in [1.807, 2.05) is 31.2 Å². The molecule has 0 unspecified atom stereocenters. The van der Waals surface area contributed by atoms with Crippen LogP contribution < -0.4 is 5.56 Å². The third kappa shape index (κ3) is 2.63. The van der Waals surface area contributed by atoms with E-state index in [1.165, 1.54) is 11.3 Å². The third-order valence-electron chi connectivity index (χ3n) is 3.25. The molecule has 0 N–H and O–H groups in total. The summed E-state index contributed by atoms with van der Waals surface area (Å²) in [7, 11) is 0. The van der Waals surface area contributed by atoms with E-state index in [1.54, 1.807) is 16.3 Å². The maximum Gasteiger partial charge on any atom is 0.272 e. The minimum absolute atomic E-state index is 0.0747. The maximum atomic E-state index is 12.6. The summed E-state index contributed by atoms with van der Waals surface area (Å²) in [6.07, 6.45) is 0. The fraction of sp³-hybridized carbons (Fsp3) is 0.250. The molecule has 108 valence electrons. The van der Waals surface area contributed by atoms with Crippen LogP contribution in [0.1, 0.15) is 13.8 Å². The van der Waals surface area contributed by atoms with Crippen LogP contribution in [0.15, 0.2) is 46.3 Å². The predicted octanol–water partition coefficient (Wildman–Crippen LogP) is 4.26. The van der Waals surface area contributed by atoms with Crippen molar-refractivity contribution in [3.05, 3.63) is 46.8 Å². The Morgan fingerprint density at radius 1 is 1.24 bits per heavy atom. The SMILES string of the molecule is CCSc1nc2cc(-c3ccccc3)sc2c(=O)n1CC. The van der Waals surface area contributed by atoms with Crippen molar-refractivity contribution in [1.82, 2.24) is 9.55 Å². The van der Waals surface area contributed by atoms with E-state index < -0.39 is 0 Å². The molecule has 0 saturated carbocycles. The van der Waals surface area contributed by atoms with Crippen LogP contribution in [-0.2, 0) is 6.54 Å². The third-order valence-corrected chi connectivity index (χ3v) is 5.27. The zero-order valence-electron chi connectivity index (χ0n) is 12.0. The lowest BCUT2D eigenvalue weighted by Crippen LogP contribution is -2.21. The molecule has 2 aromatic heterocycles. The monoisotopic (exact) mass is 316 g/mol. The van der Waals surface area contributed by atoms with E-state index in [2.05, 4.69) is 24.0 Å². The highest BCUT2D eigenvalue weighted by Crippen LogP contribution is 2.31. The average molecular weight is 316 g/mol. The Bertz CT molecular complexity index is 821. The molecule has 3 aromatic rings. The van der Waals surface area contributed by atoms with Crippen molar-refractivity contribution < 1.29 is 0 Å². The Kier molecular flexibility index (Phi) is 4.12. The molecule has 0 fully saturated rings. The first-order valence-corrected chi connectivity index (χ1v) is 8.77. The first-order chi connectivity index (χ1) is 10.2. The molecule has 0 radical (unpaired) electrons. The van der Waals surface area contributed by atoms with Crippen LogP contribution in [0, 0.1) is 0 Å². The molecule has 0 bridgehead atoms. The van der Waals surface area contributed by atoms with Gasteiger partial charge in [0.15, 0.2) is 5.16 Å². The standard InChI is InChI=1S/C16H16N2OS2/c1-3-18-15(19)14-12(17-16(18)20-4-2)10-13(21-14)11-8-6-5-7-9-11/h5-10H,3-4H2,1-2H3. The summed E-state index contributed by atoms with van der Waals surface area (Å²) in [4.78, 5) is 18.4. The lowest BCUT2D eigenvalue weighted by molar-refractivity contribution is 0.636. The molecule has 21 heavy (non-hydrogen) atoms. The maximum absolute atomic E-state index is 12.6. The lowest BCUT2D eigenvalue weighted by Gasteiger charge is -2.07. The van der Waals surface area contributed by atoms with Gasteiger partial charge in [-0.1, -0.05) is 49.0 Å². The van der Waals surface area contributed by atoms with E-state index in [9.17, 15) is 4.79 Å². The summed E-state index contributed by atoms with van der Waals surface area (Å²) < 4.78 is 2.51. The van der Waals surface area contributed by atoms with Crippen molar-refractivity contribution in [2.75, 3.05) is 5.75 Å². The van der Waals surface area contributed by atoms with Crippen molar-refractivity contribution in [3.63, 3.8) is 0 Å². The van der Waals surface area contributed by atoms with E-state index >= 15 is 0 Å².